The first-order valence-electron chi connectivity index (χ1n) is 20.6. The Labute approximate surface area is 371 Å². The maximum Gasteiger partial charge on any atom is 0.216 e. The molecule has 0 aliphatic heterocycles. The van der Waals surface area contributed by atoms with Crippen LogP contribution in [0.4, 0.5) is 0 Å². The summed E-state index contributed by atoms with van der Waals surface area (Å²) >= 11 is -1.86. The normalized spacial score (nSPS) is 11.6. The molecule has 0 bridgehead atoms. The van der Waals surface area contributed by atoms with E-state index in [0.29, 0.717) is 11.6 Å². The monoisotopic (exact) mass is 1030 g/mol. The van der Waals surface area contributed by atoms with Gasteiger partial charge in [0.15, 0.2) is 0 Å². The third-order valence-corrected chi connectivity index (χ3v) is 15.4. The molecule has 5 aromatic carbocycles. The van der Waals surface area contributed by atoms with Crippen molar-refractivity contribution in [2.45, 2.75) is 72.2 Å². The average molecular weight is 1030 g/mol. The minimum atomic E-state index is -1.86. The van der Waals surface area contributed by atoms with E-state index >= 15 is 0 Å². The number of rotatable bonds is 7. The molecule has 0 spiro atoms. The van der Waals surface area contributed by atoms with Crippen molar-refractivity contribution in [1.82, 2.24) is 19.5 Å². The predicted molar refractivity (Wildman–Crippen MR) is 250 cm³/mol. The van der Waals surface area contributed by atoms with Crippen LogP contribution in [-0.2, 0) is 26.5 Å². The minimum absolute atomic E-state index is 0. The van der Waals surface area contributed by atoms with E-state index in [1.165, 1.54) is 33.4 Å². The van der Waals surface area contributed by atoms with E-state index in [1.807, 2.05) is 30.3 Å². The number of aromatic nitrogens is 4. The summed E-state index contributed by atoms with van der Waals surface area (Å²) in [5, 5.41) is 2.00. The number of nitrogens with zero attached hydrogens (tertiary/aromatic N) is 4. The van der Waals surface area contributed by atoms with Gasteiger partial charge in [-0.25, -0.2) is 4.98 Å². The summed E-state index contributed by atoms with van der Waals surface area (Å²) in [4.78, 5) is 14.8. The third-order valence-electron chi connectivity index (χ3n) is 11.1. The molecule has 4 aromatic heterocycles. The predicted octanol–water partition coefficient (Wildman–Crippen LogP) is 13.3. The van der Waals surface area contributed by atoms with Gasteiger partial charge < -0.3 is 8.98 Å². The summed E-state index contributed by atoms with van der Waals surface area (Å²) in [6, 6.07) is 44.4. The molecular weight excluding hydrogens is 973 g/mol. The van der Waals surface area contributed by atoms with Gasteiger partial charge in [-0.1, -0.05) is 59.0 Å². The molecule has 9 rings (SSSR count). The van der Waals surface area contributed by atoms with Crippen LogP contribution in [0.15, 0.2) is 120 Å². The summed E-state index contributed by atoms with van der Waals surface area (Å²) in [5.41, 5.74) is 17.1. The number of furan rings is 1. The molecule has 305 valence electrons. The fourth-order valence-electron chi connectivity index (χ4n) is 8.57. The quantitative estimate of drug-likeness (QED) is 0.118. The zero-order valence-corrected chi connectivity index (χ0v) is 40.8. The van der Waals surface area contributed by atoms with Gasteiger partial charge in [-0.15, -0.1) is 18.2 Å². The van der Waals surface area contributed by atoms with Crippen molar-refractivity contribution in [2.75, 3.05) is 0 Å². The molecule has 4 heterocycles. The van der Waals surface area contributed by atoms with Crippen molar-refractivity contribution in [1.29, 1.82) is 0 Å². The van der Waals surface area contributed by atoms with Gasteiger partial charge in [-0.05, 0) is 81.1 Å². The van der Waals surface area contributed by atoms with Gasteiger partial charge >= 0.3 is 126 Å². The Bertz CT molecular complexity index is 2950. The smallest absolute Gasteiger partial charge is 0.216 e. The van der Waals surface area contributed by atoms with Gasteiger partial charge in [0.05, 0.1) is 28.1 Å². The third kappa shape index (κ3) is 8.43. The van der Waals surface area contributed by atoms with Crippen molar-refractivity contribution in [3.8, 4) is 39.6 Å². The van der Waals surface area contributed by atoms with E-state index in [4.69, 9.17) is 19.4 Å². The molecule has 0 atom stereocenters. The van der Waals surface area contributed by atoms with E-state index < -0.39 is 13.3 Å². The largest absolute Gasteiger partial charge is 0.486 e. The first kappa shape index (κ1) is 43.0. The second kappa shape index (κ2) is 17.5. The maximum absolute atomic E-state index is 6.55. The molecule has 60 heavy (non-hydrogen) atoms. The molecule has 1 radical (unpaired) electrons. The average Bonchev–Trinajstić information content (AvgIpc) is 3.76. The number of hydrogen-bond acceptors (Lipinski definition) is 4. The van der Waals surface area contributed by atoms with Crippen LogP contribution >= 0.6 is 0 Å². The number of benzene rings is 5. The Morgan fingerprint density at radius 1 is 0.700 bits per heavy atom. The van der Waals surface area contributed by atoms with Crippen molar-refractivity contribution < 1.29 is 24.5 Å². The van der Waals surface area contributed by atoms with Crippen LogP contribution in [0, 0.1) is 52.7 Å². The standard InChI is InChI=1S/C35H28N3O.C18H24GeN.Ir/c1-20-18-23(4)32(24(5)19-20)38-30-15-7-6-14-28(30)36-34(38)27-13-9-12-25-26-16-17-29(37-35(26)39-33(25)27)31-21(2)10-8-11-22(31)3;1-14(2)11-16-12-18(15-9-7-6-8-10-15)20-13-17(16)19(3,4)5;/h6-12,14-19H,1-5H3;6-9,12-14H,11H2,1-5H3;/q2*-1;. The Morgan fingerprint density at radius 3 is 2.10 bits per heavy atom. The molecule has 0 aliphatic rings. The SMILES string of the molecule is CC(C)Cc1cc(-c2[c-]cccc2)nc[c]1[Ge]([CH3])([CH3])[CH3].Cc1cc(C)c(-n2c(-c3[c-]ccc4c3oc3nc(-c5c(C)cccc5C)ccc34)nc3ccccc32)c(C)c1.[Ir]. The number of pyridine rings is 2. The van der Waals surface area contributed by atoms with Crippen molar-refractivity contribution >= 4 is 50.8 Å². The molecule has 0 N–H and O–H groups in total. The van der Waals surface area contributed by atoms with Crippen LogP contribution in [0.2, 0.25) is 17.3 Å². The fourth-order valence-corrected chi connectivity index (χ4v) is 11.9. The van der Waals surface area contributed by atoms with E-state index in [-0.39, 0.29) is 20.1 Å². The first-order chi connectivity index (χ1) is 28.3. The second-order valence-electron chi connectivity index (χ2n) is 17.4. The Morgan fingerprint density at radius 2 is 1.42 bits per heavy atom. The Kier molecular flexibility index (Phi) is 12.5. The van der Waals surface area contributed by atoms with Gasteiger partial charge in [-0.2, -0.15) is 0 Å². The zero-order valence-electron chi connectivity index (χ0n) is 36.3. The van der Waals surface area contributed by atoms with Crippen LogP contribution in [0.5, 0.6) is 0 Å². The molecule has 0 saturated heterocycles. The van der Waals surface area contributed by atoms with Crippen LogP contribution in [-0.4, -0.2) is 32.8 Å². The fraction of sp³-hybridized carbons (Fsp3) is 0.226. The molecule has 0 unspecified atom stereocenters. The maximum atomic E-state index is 6.55. The molecule has 0 fully saturated rings. The molecular formula is C53H52GeIrN4O-2. The van der Waals surface area contributed by atoms with Gasteiger partial charge in [0.1, 0.15) is 0 Å². The van der Waals surface area contributed by atoms with Crippen molar-refractivity contribution in [3.63, 3.8) is 0 Å². The molecule has 9 aromatic rings. The number of para-hydroxylation sites is 2. The molecule has 7 heteroatoms. The summed E-state index contributed by atoms with van der Waals surface area (Å²) in [7, 11) is 0. The first-order valence-corrected chi connectivity index (χ1v) is 28.0. The molecule has 5 nitrogen and oxygen atoms in total. The van der Waals surface area contributed by atoms with Crippen molar-refractivity contribution in [3.05, 3.63) is 161 Å². The number of imidazole rings is 1. The van der Waals surface area contributed by atoms with E-state index in [9.17, 15) is 0 Å². The number of fused-ring (bicyclic) bond motifs is 4. The second-order valence-corrected chi connectivity index (χ2v) is 27.9. The van der Waals surface area contributed by atoms with Crippen LogP contribution in [0.3, 0.4) is 0 Å². The topological polar surface area (TPSA) is 56.7 Å². The summed E-state index contributed by atoms with van der Waals surface area (Å²) in [6.07, 6.45) is 3.27. The number of aryl methyl sites for hydroxylation is 5. The van der Waals surface area contributed by atoms with E-state index in [1.54, 1.807) is 4.40 Å². The van der Waals surface area contributed by atoms with Crippen LogP contribution in [0.1, 0.15) is 47.2 Å². The Balaban J connectivity index is 0.000000220. The summed E-state index contributed by atoms with van der Waals surface area (Å²) < 4.78 is 10.3. The van der Waals surface area contributed by atoms with Gasteiger partial charge in [0, 0.05) is 36.7 Å². The molecule has 0 aliphatic carbocycles. The molecule has 0 amide bonds. The number of hydrogen-bond donors (Lipinski definition) is 0. The van der Waals surface area contributed by atoms with Gasteiger partial charge in [0.2, 0.25) is 5.71 Å². The molecule has 0 saturated carbocycles. The zero-order chi connectivity index (χ0) is 41.6. The van der Waals surface area contributed by atoms with Crippen LogP contribution in [0.25, 0.3) is 72.7 Å². The summed E-state index contributed by atoms with van der Waals surface area (Å²) in [5.74, 6) is 8.80. The Hall–Kier alpha value is -5.14. The van der Waals surface area contributed by atoms with E-state index in [0.717, 1.165) is 73.4 Å². The minimum Gasteiger partial charge on any atom is -0.486 e. The van der Waals surface area contributed by atoms with Gasteiger partial charge in [0.25, 0.3) is 0 Å². The van der Waals surface area contributed by atoms with E-state index in [2.05, 4.69) is 167 Å². The van der Waals surface area contributed by atoms with Crippen molar-refractivity contribution in [2.24, 2.45) is 5.92 Å². The van der Waals surface area contributed by atoms with Gasteiger partial charge in [-0.3, -0.25) is 4.98 Å². The van der Waals surface area contributed by atoms with Crippen LogP contribution < -0.4 is 4.40 Å². The summed E-state index contributed by atoms with van der Waals surface area (Å²) in [6.45, 7) is 15.3.